The minimum atomic E-state index is 0.101. The number of pyridine rings is 1. The van der Waals surface area contributed by atoms with Crippen molar-refractivity contribution in [2.75, 3.05) is 18.5 Å². The highest BCUT2D eigenvalue weighted by molar-refractivity contribution is 5.91. The third kappa shape index (κ3) is 3.48. The first-order valence-electron chi connectivity index (χ1n) is 7.25. The molecule has 3 heteroatoms. The largest absolute Gasteiger partial charge is 0.374 e. The van der Waals surface area contributed by atoms with E-state index in [4.69, 9.17) is 4.98 Å². The lowest BCUT2D eigenvalue weighted by Crippen LogP contribution is -2.35. The van der Waals surface area contributed by atoms with Crippen LogP contribution in [0, 0.1) is 0 Å². The van der Waals surface area contributed by atoms with Gasteiger partial charge >= 0.3 is 0 Å². The minimum Gasteiger partial charge on any atom is -0.374 e. The molecule has 1 aromatic heterocycles. The van der Waals surface area contributed by atoms with Gasteiger partial charge in [-0.3, -0.25) is 4.98 Å². The number of hydrogen-bond acceptors (Lipinski definition) is 3. The van der Waals surface area contributed by atoms with Crippen LogP contribution in [0.2, 0.25) is 0 Å². The van der Waals surface area contributed by atoms with Crippen molar-refractivity contribution in [3.05, 3.63) is 36.0 Å². The zero-order valence-electron chi connectivity index (χ0n) is 13.2. The normalized spacial score (nSPS) is 11.8. The topological polar surface area (TPSA) is 28.2 Å². The molecule has 1 N–H and O–H groups in total. The Morgan fingerprint density at radius 1 is 1.20 bits per heavy atom. The van der Waals surface area contributed by atoms with Crippen molar-refractivity contribution in [1.29, 1.82) is 0 Å². The summed E-state index contributed by atoms with van der Waals surface area (Å²) in [5, 5.41) is 4.72. The van der Waals surface area contributed by atoms with Crippen molar-refractivity contribution in [3.63, 3.8) is 0 Å². The van der Waals surface area contributed by atoms with Crippen molar-refractivity contribution in [1.82, 2.24) is 10.3 Å². The van der Waals surface area contributed by atoms with Gasteiger partial charge in [-0.1, -0.05) is 18.2 Å². The van der Waals surface area contributed by atoms with Crippen molar-refractivity contribution in [2.24, 2.45) is 0 Å². The zero-order valence-corrected chi connectivity index (χ0v) is 13.2. The van der Waals surface area contributed by atoms with E-state index in [-0.39, 0.29) is 5.54 Å². The second kappa shape index (κ2) is 5.80. The second-order valence-electron chi connectivity index (χ2n) is 6.27. The molecule has 3 nitrogen and oxygen atoms in total. The van der Waals surface area contributed by atoms with Gasteiger partial charge in [0.05, 0.1) is 11.2 Å². The summed E-state index contributed by atoms with van der Waals surface area (Å²) in [5.41, 5.74) is 3.51. The molecule has 0 spiro atoms. The third-order valence-corrected chi connectivity index (χ3v) is 3.43. The molecule has 0 atom stereocenters. The number of aromatic nitrogens is 1. The van der Waals surface area contributed by atoms with Gasteiger partial charge in [-0.25, -0.2) is 0 Å². The number of anilines is 1. The molecule has 0 saturated heterocycles. The molecule has 0 radical (unpaired) electrons. The first-order valence-corrected chi connectivity index (χ1v) is 7.25. The molecule has 0 amide bonds. The highest BCUT2D eigenvalue weighted by Gasteiger charge is 2.12. The summed E-state index contributed by atoms with van der Waals surface area (Å²) in [5.74, 6) is 0. The van der Waals surface area contributed by atoms with E-state index in [1.807, 2.05) is 6.07 Å². The van der Waals surface area contributed by atoms with E-state index >= 15 is 0 Å². The van der Waals surface area contributed by atoms with E-state index in [0.29, 0.717) is 0 Å². The summed E-state index contributed by atoms with van der Waals surface area (Å²) < 4.78 is 0. The molecule has 0 aliphatic heterocycles. The molecule has 0 bridgehead atoms. The van der Waals surface area contributed by atoms with Crippen LogP contribution < -0.4 is 10.2 Å². The summed E-state index contributed by atoms with van der Waals surface area (Å²) in [6.07, 6.45) is 0. The smallest absolute Gasteiger partial charge is 0.0726 e. The number of fused-ring (bicyclic) bond motifs is 1. The second-order valence-corrected chi connectivity index (χ2v) is 6.27. The molecule has 108 valence electrons. The van der Waals surface area contributed by atoms with Crippen LogP contribution in [0.15, 0.2) is 30.3 Å². The zero-order chi connectivity index (χ0) is 14.8. The lowest BCUT2D eigenvalue weighted by molar-refractivity contribution is 0.421. The molecular formula is C17H25N3. The average Bonchev–Trinajstić information content (AvgIpc) is 2.42. The van der Waals surface area contributed by atoms with E-state index in [1.54, 1.807) is 0 Å². The van der Waals surface area contributed by atoms with Crippen LogP contribution in [-0.4, -0.2) is 24.1 Å². The highest BCUT2D eigenvalue weighted by Crippen LogP contribution is 2.26. The Morgan fingerprint density at radius 2 is 1.90 bits per heavy atom. The summed E-state index contributed by atoms with van der Waals surface area (Å²) in [7, 11) is 2.13. The molecule has 1 aromatic carbocycles. The van der Waals surface area contributed by atoms with Crippen LogP contribution in [0.1, 0.15) is 33.4 Å². The van der Waals surface area contributed by atoms with E-state index in [9.17, 15) is 0 Å². The lowest BCUT2D eigenvalue weighted by atomic mass is 10.1. The van der Waals surface area contributed by atoms with Crippen LogP contribution in [0.5, 0.6) is 0 Å². The van der Waals surface area contributed by atoms with Gasteiger partial charge in [0.15, 0.2) is 0 Å². The van der Waals surface area contributed by atoms with Gasteiger partial charge in [-0.15, -0.1) is 0 Å². The van der Waals surface area contributed by atoms with E-state index in [2.05, 4.69) is 69.2 Å². The Kier molecular flexibility index (Phi) is 4.29. The molecule has 0 aliphatic rings. The van der Waals surface area contributed by atoms with Gasteiger partial charge in [0, 0.05) is 36.7 Å². The number of nitrogens with zero attached hydrogens (tertiary/aromatic N) is 2. The van der Waals surface area contributed by atoms with Crippen LogP contribution >= 0.6 is 0 Å². The highest BCUT2D eigenvalue weighted by atomic mass is 15.1. The first-order chi connectivity index (χ1) is 9.40. The Bertz CT molecular complexity index is 584. The third-order valence-electron chi connectivity index (χ3n) is 3.43. The number of benzene rings is 1. The standard InChI is InChI=1S/C17H25N3/c1-6-20(5)16-11-13(12-18-17(2,3)4)19-15-10-8-7-9-14(15)16/h7-11,18H,6,12H2,1-5H3. The SMILES string of the molecule is CCN(C)c1cc(CNC(C)(C)C)nc2ccccc12. The van der Waals surface area contributed by atoms with Gasteiger partial charge in [0.1, 0.15) is 0 Å². The summed E-state index contributed by atoms with van der Waals surface area (Å²) in [6, 6.07) is 10.6. The van der Waals surface area contributed by atoms with Gasteiger partial charge in [-0.05, 0) is 39.8 Å². The molecule has 2 rings (SSSR count). The molecule has 20 heavy (non-hydrogen) atoms. The Morgan fingerprint density at radius 3 is 2.55 bits per heavy atom. The van der Waals surface area contributed by atoms with Gasteiger partial charge < -0.3 is 10.2 Å². The lowest BCUT2D eigenvalue weighted by Gasteiger charge is -2.23. The maximum absolute atomic E-state index is 4.77. The Balaban J connectivity index is 2.42. The molecule has 1 heterocycles. The van der Waals surface area contributed by atoms with Crippen LogP contribution in [0.25, 0.3) is 10.9 Å². The molecule has 0 fully saturated rings. The van der Waals surface area contributed by atoms with Crippen LogP contribution in [0.4, 0.5) is 5.69 Å². The number of nitrogens with one attached hydrogen (secondary N) is 1. The van der Waals surface area contributed by atoms with Gasteiger partial charge in [-0.2, -0.15) is 0 Å². The van der Waals surface area contributed by atoms with E-state index in [1.165, 1.54) is 11.1 Å². The molecule has 2 aromatic rings. The molecule has 0 unspecified atom stereocenters. The maximum atomic E-state index is 4.77. The van der Waals surface area contributed by atoms with Crippen molar-refractivity contribution in [2.45, 2.75) is 39.8 Å². The monoisotopic (exact) mass is 271 g/mol. The molecular weight excluding hydrogens is 246 g/mol. The number of hydrogen-bond donors (Lipinski definition) is 1. The van der Waals surface area contributed by atoms with E-state index < -0.39 is 0 Å². The quantitative estimate of drug-likeness (QED) is 0.921. The first kappa shape index (κ1) is 14.8. The van der Waals surface area contributed by atoms with Crippen molar-refractivity contribution >= 4 is 16.6 Å². The number of para-hydroxylation sites is 1. The van der Waals surface area contributed by atoms with E-state index in [0.717, 1.165) is 24.3 Å². The summed E-state index contributed by atoms with van der Waals surface area (Å²) in [4.78, 5) is 7.03. The molecule has 0 aliphatic carbocycles. The average molecular weight is 271 g/mol. The fourth-order valence-corrected chi connectivity index (χ4v) is 2.14. The van der Waals surface area contributed by atoms with Gasteiger partial charge in [0.25, 0.3) is 0 Å². The van der Waals surface area contributed by atoms with Crippen molar-refractivity contribution in [3.8, 4) is 0 Å². The Hall–Kier alpha value is -1.61. The number of rotatable bonds is 4. The minimum absolute atomic E-state index is 0.101. The molecule has 0 saturated carbocycles. The summed E-state index contributed by atoms with van der Waals surface area (Å²) in [6.45, 7) is 10.5. The maximum Gasteiger partial charge on any atom is 0.0726 e. The predicted molar refractivity (Wildman–Crippen MR) is 87.3 cm³/mol. The summed E-state index contributed by atoms with van der Waals surface area (Å²) >= 11 is 0. The van der Waals surface area contributed by atoms with Gasteiger partial charge in [0.2, 0.25) is 0 Å². The fourth-order valence-electron chi connectivity index (χ4n) is 2.14. The van der Waals surface area contributed by atoms with Crippen LogP contribution in [0.3, 0.4) is 0 Å². The predicted octanol–water partition coefficient (Wildman–Crippen LogP) is 3.58. The Labute approximate surface area is 122 Å². The fraction of sp³-hybridized carbons (Fsp3) is 0.471. The van der Waals surface area contributed by atoms with Crippen LogP contribution in [-0.2, 0) is 6.54 Å². The van der Waals surface area contributed by atoms with Crippen molar-refractivity contribution < 1.29 is 0 Å².